The topological polar surface area (TPSA) is 64.4 Å². The number of para-hydroxylation sites is 1. The summed E-state index contributed by atoms with van der Waals surface area (Å²) in [6.07, 6.45) is 2.21. The van der Waals surface area contributed by atoms with Gasteiger partial charge in [-0.2, -0.15) is 0 Å². The Bertz CT molecular complexity index is 414. The van der Waals surface area contributed by atoms with Gasteiger partial charge in [-0.05, 0) is 32.4 Å². The average Bonchev–Trinajstić information content (AvgIpc) is 2.78. The summed E-state index contributed by atoms with van der Waals surface area (Å²) >= 11 is 0. The smallest absolute Gasteiger partial charge is 0.313 e. The maximum atomic E-state index is 10.9. The van der Waals surface area contributed by atoms with Gasteiger partial charge in [0, 0.05) is 11.6 Å². The third kappa shape index (κ3) is 2.74. The lowest BCUT2D eigenvalue weighted by Gasteiger charge is -2.12. The second-order valence-electron chi connectivity index (χ2n) is 4.28. The zero-order valence-electron chi connectivity index (χ0n) is 9.81. The Hall–Kier alpha value is -1.62. The molecule has 0 aromatic heterocycles. The van der Waals surface area contributed by atoms with Crippen LogP contribution in [0.4, 0.5) is 5.69 Å². The molecule has 1 fully saturated rings. The van der Waals surface area contributed by atoms with Crippen molar-refractivity contribution in [2.24, 2.45) is 0 Å². The minimum atomic E-state index is -0.382. The van der Waals surface area contributed by atoms with E-state index in [9.17, 15) is 10.1 Å². The maximum Gasteiger partial charge on any atom is 0.313 e. The molecule has 0 aliphatic carbocycles. The lowest BCUT2D eigenvalue weighted by molar-refractivity contribution is -0.386. The molecule has 5 heteroatoms. The largest absolute Gasteiger partial charge is 0.485 e. The molecule has 0 amide bonds. The molecular formula is C12H16N2O3. The molecule has 1 N–H and O–H groups in total. The first-order chi connectivity index (χ1) is 8.18. The van der Waals surface area contributed by atoms with Crippen LogP contribution in [-0.4, -0.2) is 24.1 Å². The minimum absolute atomic E-state index is 0.0745. The number of ether oxygens (including phenoxy) is 1. The predicted octanol–water partition coefficient (Wildman–Crippen LogP) is 2.03. The van der Waals surface area contributed by atoms with Crippen LogP contribution in [0.1, 0.15) is 18.4 Å². The fourth-order valence-corrected chi connectivity index (χ4v) is 2.07. The Balaban J connectivity index is 2.09. The fourth-order valence-electron chi connectivity index (χ4n) is 2.07. The lowest BCUT2D eigenvalue weighted by Crippen LogP contribution is -2.28. The van der Waals surface area contributed by atoms with Gasteiger partial charge in [0.25, 0.3) is 0 Å². The summed E-state index contributed by atoms with van der Waals surface area (Å²) in [6.45, 7) is 3.22. The van der Waals surface area contributed by atoms with Gasteiger partial charge < -0.3 is 10.1 Å². The molecule has 17 heavy (non-hydrogen) atoms. The van der Waals surface area contributed by atoms with Crippen LogP contribution in [0.15, 0.2) is 18.2 Å². The summed E-state index contributed by atoms with van der Waals surface area (Å²) < 4.78 is 5.56. The number of nitrogens with one attached hydrogen (secondary N) is 1. The van der Waals surface area contributed by atoms with E-state index in [1.807, 2.05) is 0 Å². The van der Waals surface area contributed by atoms with E-state index in [1.54, 1.807) is 25.1 Å². The van der Waals surface area contributed by atoms with E-state index in [4.69, 9.17) is 4.74 Å². The van der Waals surface area contributed by atoms with Crippen molar-refractivity contribution >= 4 is 5.69 Å². The van der Waals surface area contributed by atoms with Gasteiger partial charge in [-0.15, -0.1) is 0 Å². The summed E-state index contributed by atoms with van der Waals surface area (Å²) in [5.74, 6) is 0.365. The number of nitro groups is 1. The standard InChI is InChI=1S/C12H16N2O3/c1-9-4-2-6-11(12(9)14(15)16)17-8-10-5-3-7-13-10/h2,4,6,10,13H,3,5,7-8H2,1H3/t10-/m0/s1. The lowest BCUT2D eigenvalue weighted by atomic mass is 10.2. The SMILES string of the molecule is Cc1cccc(OC[C@@H]2CCCN2)c1[N+](=O)[O-]. The van der Waals surface area contributed by atoms with E-state index >= 15 is 0 Å². The molecule has 2 rings (SSSR count). The summed E-state index contributed by atoms with van der Waals surface area (Å²) in [5.41, 5.74) is 0.706. The molecule has 0 unspecified atom stereocenters. The first-order valence-corrected chi connectivity index (χ1v) is 5.78. The number of nitrogens with zero attached hydrogens (tertiary/aromatic N) is 1. The van der Waals surface area contributed by atoms with Crippen molar-refractivity contribution in [1.29, 1.82) is 0 Å². The van der Waals surface area contributed by atoms with Crippen LogP contribution in [0.5, 0.6) is 5.75 Å². The molecule has 0 bridgehead atoms. The van der Waals surface area contributed by atoms with Crippen LogP contribution in [0.2, 0.25) is 0 Å². The van der Waals surface area contributed by atoms with Gasteiger partial charge in [-0.3, -0.25) is 10.1 Å². The highest BCUT2D eigenvalue weighted by molar-refractivity contribution is 5.52. The summed E-state index contributed by atoms with van der Waals surface area (Å²) in [7, 11) is 0. The zero-order valence-corrected chi connectivity index (χ0v) is 9.81. The normalized spacial score (nSPS) is 19.2. The van der Waals surface area contributed by atoms with Crippen molar-refractivity contribution in [3.8, 4) is 5.75 Å². The summed E-state index contributed by atoms with van der Waals surface area (Å²) in [6, 6.07) is 5.47. The van der Waals surface area contributed by atoms with Gasteiger partial charge in [-0.25, -0.2) is 0 Å². The van der Waals surface area contributed by atoms with Crippen LogP contribution in [0.3, 0.4) is 0 Å². The molecule has 0 spiro atoms. The molecule has 1 saturated heterocycles. The van der Waals surface area contributed by atoms with Gasteiger partial charge in [0.05, 0.1) is 4.92 Å². The van der Waals surface area contributed by atoms with Crippen molar-refractivity contribution in [1.82, 2.24) is 5.32 Å². The Kier molecular flexibility index (Phi) is 3.58. The number of aryl methyl sites for hydroxylation is 1. The highest BCUT2D eigenvalue weighted by atomic mass is 16.6. The van der Waals surface area contributed by atoms with Gasteiger partial charge in [0.2, 0.25) is 0 Å². The zero-order chi connectivity index (χ0) is 12.3. The third-order valence-electron chi connectivity index (χ3n) is 2.99. The molecular weight excluding hydrogens is 220 g/mol. The number of rotatable bonds is 4. The molecule has 0 saturated carbocycles. The van der Waals surface area contributed by atoms with Gasteiger partial charge in [0.15, 0.2) is 5.75 Å². The predicted molar refractivity (Wildman–Crippen MR) is 64.4 cm³/mol. The maximum absolute atomic E-state index is 10.9. The third-order valence-corrected chi connectivity index (χ3v) is 2.99. The Labute approximate surface area is 99.9 Å². The Morgan fingerprint density at radius 3 is 3.06 bits per heavy atom. The molecule has 1 aromatic carbocycles. The van der Waals surface area contributed by atoms with E-state index in [2.05, 4.69) is 5.32 Å². The fraction of sp³-hybridized carbons (Fsp3) is 0.500. The van der Waals surface area contributed by atoms with Gasteiger partial charge in [0.1, 0.15) is 6.61 Å². The molecule has 92 valence electrons. The van der Waals surface area contributed by atoms with E-state index in [0.29, 0.717) is 24.0 Å². The molecule has 0 radical (unpaired) electrons. The van der Waals surface area contributed by atoms with Crippen molar-refractivity contribution < 1.29 is 9.66 Å². The van der Waals surface area contributed by atoms with Gasteiger partial charge in [-0.1, -0.05) is 12.1 Å². The second kappa shape index (κ2) is 5.14. The molecule has 1 aliphatic heterocycles. The van der Waals surface area contributed by atoms with Crippen LogP contribution >= 0.6 is 0 Å². The van der Waals surface area contributed by atoms with E-state index in [0.717, 1.165) is 19.4 Å². The highest BCUT2D eigenvalue weighted by Gasteiger charge is 2.20. The quantitative estimate of drug-likeness (QED) is 0.641. The molecule has 5 nitrogen and oxygen atoms in total. The minimum Gasteiger partial charge on any atom is -0.485 e. The molecule has 1 atom stereocenters. The number of hydrogen-bond acceptors (Lipinski definition) is 4. The van der Waals surface area contributed by atoms with Crippen molar-refractivity contribution in [2.45, 2.75) is 25.8 Å². The summed E-state index contributed by atoms with van der Waals surface area (Å²) in [4.78, 5) is 10.6. The van der Waals surface area contributed by atoms with Crippen LogP contribution in [-0.2, 0) is 0 Å². The number of nitro benzene ring substituents is 1. The number of hydrogen-bond donors (Lipinski definition) is 1. The second-order valence-corrected chi connectivity index (χ2v) is 4.28. The highest BCUT2D eigenvalue weighted by Crippen LogP contribution is 2.30. The Morgan fingerprint density at radius 2 is 2.41 bits per heavy atom. The number of benzene rings is 1. The van der Waals surface area contributed by atoms with E-state index in [1.165, 1.54) is 0 Å². The van der Waals surface area contributed by atoms with Crippen molar-refractivity contribution in [2.75, 3.05) is 13.2 Å². The molecule has 1 aliphatic rings. The monoisotopic (exact) mass is 236 g/mol. The van der Waals surface area contributed by atoms with E-state index < -0.39 is 0 Å². The van der Waals surface area contributed by atoms with Crippen LogP contribution in [0, 0.1) is 17.0 Å². The first-order valence-electron chi connectivity index (χ1n) is 5.78. The Morgan fingerprint density at radius 1 is 1.59 bits per heavy atom. The summed E-state index contributed by atoms with van der Waals surface area (Å²) in [5, 5.41) is 14.2. The van der Waals surface area contributed by atoms with Gasteiger partial charge >= 0.3 is 5.69 Å². The first kappa shape index (κ1) is 11.9. The van der Waals surface area contributed by atoms with Crippen LogP contribution < -0.4 is 10.1 Å². The van der Waals surface area contributed by atoms with E-state index in [-0.39, 0.29) is 10.6 Å². The van der Waals surface area contributed by atoms with Crippen molar-refractivity contribution in [3.63, 3.8) is 0 Å². The average molecular weight is 236 g/mol. The van der Waals surface area contributed by atoms with Crippen molar-refractivity contribution in [3.05, 3.63) is 33.9 Å². The molecule has 1 aromatic rings. The van der Waals surface area contributed by atoms with Crippen LogP contribution in [0.25, 0.3) is 0 Å². The molecule has 1 heterocycles.